The number of pyridine rings is 1. The fourth-order valence-corrected chi connectivity index (χ4v) is 5.26. The maximum Gasteiger partial charge on any atom is 0.339 e. The van der Waals surface area contributed by atoms with Gasteiger partial charge in [-0.1, -0.05) is 58.1 Å². The number of hydrogen-bond acceptors (Lipinski definition) is 7. The molecule has 3 rings (SSSR count). The Hall–Kier alpha value is -3.49. The molecular weight excluding hydrogens is 510 g/mol. The Bertz CT molecular complexity index is 1350. The highest BCUT2D eigenvalue weighted by Gasteiger charge is 2.22. The van der Waals surface area contributed by atoms with Gasteiger partial charge in [0.2, 0.25) is 0 Å². The Balaban J connectivity index is 2.03. The van der Waals surface area contributed by atoms with Crippen molar-refractivity contribution in [1.82, 2.24) is 9.97 Å². The fraction of sp³-hybridized carbons (Fsp3) is 0.387. The second kappa shape index (κ2) is 13.5. The Morgan fingerprint density at radius 2 is 1.97 bits per heavy atom. The first-order chi connectivity index (χ1) is 18.6. The predicted octanol–water partition coefficient (Wildman–Crippen LogP) is 7.80. The summed E-state index contributed by atoms with van der Waals surface area (Å²) in [6, 6.07) is 7.83. The molecule has 0 bridgehead atoms. The number of aromatic nitrogens is 2. The van der Waals surface area contributed by atoms with Crippen molar-refractivity contribution in [3.63, 3.8) is 0 Å². The van der Waals surface area contributed by atoms with E-state index in [-0.39, 0.29) is 16.8 Å². The number of nitrogens with zero attached hydrogens (tertiary/aromatic N) is 2. The Morgan fingerprint density at radius 1 is 1.21 bits per heavy atom. The molecule has 0 aliphatic heterocycles. The smallest absolute Gasteiger partial charge is 0.339 e. The van der Waals surface area contributed by atoms with E-state index in [9.17, 15) is 9.90 Å². The molecule has 208 valence electrons. The van der Waals surface area contributed by atoms with E-state index in [2.05, 4.69) is 50.1 Å². The summed E-state index contributed by atoms with van der Waals surface area (Å²) >= 11 is 1.52. The molecule has 39 heavy (non-hydrogen) atoms. The fourth-order valence-electron chi connectivity index (χ4n) is 3.98. The van der Waals surface area contributed by atoms with E-state index in [0.29, 0.717) is 18.3 Å². The van der Waals surface area contributed by atoms with Gasteiger partial charge in [-0.15, -0.1) is 11.3 Å². The number of rotatable bonds is 12. The first kappa shape index (κ1) is 30.1. The van der Waals surface area contributed by atoms with Crippen molar-refractivity contribution in [2.45, 2.75) is 54.4 Å². The lowest BCUT2D eigenvalue weighted by Crippen LogP contribution is -2.09. The molecule has 8 heteroatoms. The summed E-state index contributed by atoms with van der Waals surface area (Å²) < 4.78 is 11.2. The van der Waals surface area contributed by atoms with Gasteiger partial charge in [0.25, 0.3) is 0 Å². The summed E-state index contributed by atoms with van der Waals surface area (Å²) in [6.45, 7) is 13.5. The van der Waals surface area contributed by atoms with Crippen LogP contribution in [-0.4, -0.2) is 41.4 Å². The van der Waals surface area contributed by atoms with Crippen LogP contribution in [0.5, 0.6) is 5.75 Å². The maximum absolute atomic E-state index is 12.1. The number of ether oxygens (including phenoxy) is 2. The number of aryl methyl sites for hydroxylation is 1. The van der Waals surface area contributed by atoms with E-state index in [0.717, 1.165) is 51.4 Å². The minimum absolute atomic E-state index is 0.0304. The molecule has 0 unspecified atom stereocenters. The third-order valence-corrected chi connectivity index (χ3v) is 6.96. The number of anilines is 2. The van der Waals surface area contributed by atoms with Crippen molar-refractivity contribution >= 4 is 33.8 Å². The minimum atomic E-state index is -1.05. The van der Waals surface area contributed by atoms with Gasteiger partial charge in [-0.2, -0.15) is 0 Å². The van der Waals surface area contributed by atoms with Crippen LogP contribution in [0.25, 0.3) is 16.8 Å². The summed E-state index contributed by atoms with van der Waals surface area (Å²) in [7, 11) is 1.66. The molecule has 0 atom stereocenters. The zero-order valence-electron chi connectivity index (χ0n) is 23.9. The normalized spacial score (nSPS) is 12.2. The molecule has 0 radical (unpaired) electrons. The molecule has 0 fully saturated rings. The van der Waals surface area contributed by atoms with E-state index < -0.39 is 5.97 Å². The van der Waals surface area contributed by atoms with Crippen LogP contribution in [0.3, 0.4) is 0 Å². The third-order valence-electron chi connectivity index (χ3n) is 5.99. The number of aromatic carboxylic acids is 1. The summed E-state index contributed by atoms with van der Waals surface area (Å²) in [6.07, 6.45) is 9.11. The van der Waals surface area contributed by atoms with Gasteiger partial charge in [-0.3, -0.25) is 0 Å². The van der Waals surface area contributed by atoms with E-state index in [1.807, 2.05) is 38.1 Å². The molecule has 2 aromatic heterocycles. The molecule has 0 amide bonds. The number of methoxy groups -OCH3 is 1. The summed E-state index contributed by atoms with van der Waals surface area (Å²) in [5, 5.41) is 13.7. The van der Waals surface area contributed by atoms with Crippen molar-refractivity contribution in [2.24, 2.45) is 5.41 Å². The molecule has 3 aromatic rings. The SMILES string of the molecule is C/C=C\C=C(/C)c1cnc(Nc2nc(-c3ccc(CC)c(OCCOC)c3)c(CC(C)(C)C)s2)c(C(=O)O)c1. The highest BCUT2D eigenvalue weighted by Crippen LogP contribution is 2.38. The lowest BCUT2D eigenvalue weighted by atomic mass is 9.90. The topological polar surface area (TPSA) is 93.6 Å². The van der Waals surface area contributed by atoms with Gasteiger partial charge >= 0.3 is 5.97 Å². The van der Waals surface area contributed by atoms with Gasteiger partial charge < -0.3 is 19.9 Å². The highest BCUT2D eigenvalue weighted by atomic mass is 32.1. The average Bonchev–Trinajstić information content (AvgIpc) is 3.27. The molecule has 0 saturated heterocycles. The largest absolute Gasteiger partial charge is 0.491 e. The van der Waals surface area contributed by atoms with Gasteiger partial charge in [0.05, 0.1) is 12.3 Å². The third kappa shape index (κ3) is 8.25. The Labute approximate surface area is 235 Å². The molecule has 2 N–H and O–H groups in total. The molecule has 0 saturated carbocycles. The van der Waals surface area contributed by atoms with Crippen molar-refractivity contribution < 1.29 is 19.4 Å². The maximum atomic E-state index is 12.1. The summed E-state index contributed by atoms with van der Waals surface area (Å²) in [5.41, 5.74) is 4.73. The van der Waals surface area contributed by atoms with E-state index in [4.69, 9.17) is 14.5 Å². The second-order valence-corrected chi connectivity index (χ2v) is 11.6. The number of nitrogens with one attached hydrogen (secondary N) is 1. The Morgan fingerprint density at radius 3 is 2.62 bits per heavy atom. The van der Waals surface area contributed by atoms with Gasteiger partial charge in [-0.25, -0.2) is 14.8 Å². The molecule has 0 aliphatic carbocycles. The van der Waals surface area contributed by atoms with Crippen molar-refractivity contribution in [1.29, 1.82) is 0 Å². The van der Waals surface area contributed by atoms with Gasteiger partial charge in [0.1, 0.15) is 23.7 Å². The van der Waals surface area contributed by atoms with E-state index >= 15 is 0 Å². The van der Waals surface area contributed by atoms with Crippen molar-refractivity contribution in [2.75, 3.05) is 25.6 Å². The van der Waals surface area contributed by atoms with Crippen LogP contribution in [0.15, 0.2) is 48.7 Å². The number of allylic oxidation sites excluding steroid dienone is 4. The van der Waals surface area contributed by atoms with Crippen LogP contribution in [-0.2, 0) is 17.6 Å². The lowest BCUT2D eigenvalue weighted by molar-refractivity contribution is 0.0697. The van der Waals surface area contributed by atoms with Crippen LogP contribution in [0.1, 0.15) is 67.9 Å². The standard InChI is InChI=1S/C31H39N3O4S/c1-8-10-11-20(3)23-16-24(29(35)36)28(32-19-23)34-30-33-27(26(39-30)18-31(4,5)6)22-13-12-21(9-2)25(17-22)38-15-14-37-7/h8,10-13,16-17,19H,9,14-15,18H2,1-7H3,(H,35,36)(H,32,33,34)/b10-8-,20-11+. The van der Waals surface area contributed by atoms with Crippen LogP contribution in [0.4, 0.5) is 10.9 Å². The lowest BCUT2D eigenvalue weighted by Gasteiger charge is -2.18. The molecule has 7 nitrogen and oxygen atoms in total. The summed E-state index contributed by atoms with van der Waals surface area (Å²) in [5.74, 6) is 0.0334. The molecular formula is C31H39N3O4S. The van der Waals surface area contributed by atoms with Crippen LogP contribution in [0, 0.1) is 5.41 Å². The van der Waals surface area contributed by atoms with Crippen LogP contribution in [0.2, 0.25) is 0 Å². The van der Waals surface area contributed by atoms with E-state index in [1.54, 1.807) is 19.4 Å². The number of carbonyl (C=O) groups is 1. The number of thiazole rings is 1. The van der Waals surface area contributed by atoms with Gasteiger partial charge in [0, 0.05) is 23.7 Å². The predicted molar refractivity (Wildman–Crippen MR) is 160 cm³/mol. The monoisotopic (exact) mass is 549 g/mol. The Kier molecular flexibility index (Phi) is 10.4. The molecule has 0 aliphatic rings. The second-order valence-electron chi connectivity index (χ2n) is 10.5. The van der Waals surface area contributed by atoms with Crippen molar-refractivity contribution in [3.05, 3.63) is 70.3 Å². The van der Waals surface area contributed by atoms with Crippen LogP contribution < -0.4 is 10.1 Å². The molecule has 2 heterocycles. The number of benzene rings is 1. The quantitative estimate of drug-likeness (QED) is 0.176. The highest BCUT2D eigenvalue weighted by molar-refractivity contribution is 7.16. The number of hydrogen-bond donors (Lipinski definition) is 2. The van der Waals surface area contributed by atoms with Gasteiger partial charge in [-0.05, 0) is 60.9 Å². The number of carboxylic acid groups (broad SMARTS) is 1. The molecule has 0 spiro atoms. The zero-order chi connectivity index (χ0) is 28.6. The minimum Gasteiger partial charge on any atom is -0.491 e. The molecule has 1 aromatic carbocycles. The van der Waals surface area contributed by atoms with Gasteiger partial charge in [0.15, 0.2) is 5.13 Å². The average molecular weight is 550 g/mol. The first-order valence-corrected chi connectivity index (χ1v) is 13.9. The van der Waals surface area contributed by atoms with E-state index in [1.165, 1.54) is 11.3 Å². The van der Waals surface area contributed by atoms with Crippen molar-refractivity contribution in [3.8, 4) is 17.0 Å². The van der Waals surface area contributed by atoms with Crippen LogP contribution >= 0.6 is 11.3 Å². The number of carboxylic acids is 1. The zero-order valence-corrected chi connectivity index (χ0v) is 24.7. The first-order valence-electron chi connectivity index (χ1n) is 13.1. The summed E-state index contributed by atoms with van der Waals surface area (Å²) in [4.78, 5) is 22.6.